The Bertz CT molecular complexity index is 1390. The summed E-state index contributed by atoms with van der Waals surface area (Å²) in [5.41, 5.74) is 5.74. The highest BCUT2D eigenvalue weighted by atomic mass is 35.5. The molecular formula is C27H22ClN3O2S. The lowest BCUT2D eigenvalue weighted by molar-refractivity contribution is -0.113. The average Bonchev–Trinajstić information content (AvgIpc) is 2.82. The van der Waals surface area contributed by atoms with Gasteiger partial charge in [-0.3, -0.25) is 4.79 Å². The summed E-state index contributed by atoms with van der Waals surface area (Å²) in [6.07, 6.45) is 0.648. The molecule has 0 spiro atoms. The molecule has 7 heteroatoms. The number of amides is 1. The van der Waals surface area contributed by atoms with Gasteiger partial charge in [-0.1, -0.05) is 53.7 Å². The van der Waals surface area contributed by atoms with Crippen LogP contribution in [0.25, 0.3) is 11.4 Å². The predicted octanol–water partition coefficient (Wildman–Crippen LogP) is 6.84. The van der Waals surface area contributed by atoms with Gasteiger partial charge >= 0.3 is 0 Å². The molecule has 5 nitrogen and oxygen atoms in total. The SMILES string of the molecule is Cc1cccc(NC(=O)CSc2nc(-c3ccc(Cl)cc3)nc3c2Cc2cccc(C)c2O3)c1. The summed E-state index contributed by atoms with van der Waals surface area (Å²) in [7, 11) is 0. The molecule has 2 heterocycles. The summed E-state index contributed by atoms with van der Waals surface area (Å²) in [5.74, 6) is 2.03. The van der Waals surface area contributed by atoms with Crippen molar-refractivity contribution in [2.75, 3.05) is 11.1 Å². The second-order valence-corrected chi connectivity index (χ2v) is 9.59. The number of thioether (sulfide) groups is 1. The molecule has 0 fully saturated rings. The van der Waals surface area contributed by atoms with E-state index in [1.165, 1.54) is 11.8 Å². The Kier molecular flexibility index (Phi) is 6.26. The molecule has 0 aliphatic carbocycles. The predicted molar refractivity (Wildman–Crippen MR) is 137 cm³/mol. The fourth-order valence-corrected chi connectivity index (χ4v) is 4.82. The number of para-hydroxylation sites is 1. The van der Waals surface area contributed by atoms with Gasteiger partial charge in [0.1, 0.15) is 10.8 Å². The molecule has 0 atom stereocenters. The molecule has 1 aliphatic rings. The third-order valence-corrected chi connectivity index (χ3v) is 6.80. The smallest absolute Gasteiger partial charge is 0.234 e. The van der Waals surface area contributed by atoms with Gasteiger partial charge in [-0.15, -0.1) is 0 Å². The van der Waals surface area contributed by atoms with Gasteiger partial charge in [-0.05, 0) is 66.9 Å². The standard InChI is InChI=1S/C27H22ClN3O2S/c1-16-5-3-8-21(13-16)29-23(32)15-34-27-22-14-19-7-4-6-17(2)24(19)33-26(22)30-25(31-27)18-9-11-20(28)12-10-18/h3-13H,14-15H2,1-2H3,(H,29,32). The molecule has 34 heavy (non-hydrogen) atoms. The summed E-state index contributed by atoms with van der Waals surface area (Å²) in [5, 5.41) is 4.34. The van der Waals surface area contributed by atoms with Gasteiger partial charge in [0, 0.05) is 22.7 Å². The van der Waals surface area contributed by atoms with Crippen molar-refractivity contribution in [3.05, 3.63) is 94.0 Å². The van der Waals surface area contributed by atoms with Crippen molar-refractivity contribution in [3.63, 3.8) is 0 Å². The van der Waals surface area contributed by atoms with Crippen molar-refractivity contribution >= 4 is 35.0 Å². The molecule has 0 saturated carbocycles. The molecule has 0 unspecified atom stereocenters. The van der Waals surface area contributed by atoms with Crippen LogP contribution in [-0.2, 0) is 11.2 Å². The van der Waals surface area contributed by atoms with Crippen LogP contribution < -0.4 is 10.1 Å². The lowest BCUT2D eigenvalue weighted by Crippen LogP contribution is -2.15. The third kappa shape index (κ3) is 4.79. The van der Waals surface area contributed by atoms with E-state index >= 15 is 0 Å². The van der Waals surface area contributed by atoms with Crippen LogP contribution in [0, 0.1) is 13.8 Å². The number of halogens is 1. The van der Waals surface area contributed by atoms with Crippen molar-refractivity contribution in [1.29, 1.82) is 0 Å². The average molecular weight is 488 g/mol. The Balaban J connectivity index is 1.46. The molecule has 1 aromatic heterocycles. The number of hydrogen-bond acceptors (Lipinski definition) is 5. The normalized spacial score (nSPS) is 11.9. The monoisotopic (exact) mass is 487 g/mol. The number of hydrogen-bond donors (Lipinski definition) is 1. The number of benzene rings is 3. The first kappa shape index (κ1) is 22.4. The Morgan fingerprint density at radius 2 is 1.85 bits per heavy atom. The van der Waals surface area contributed by atoms with E-state index in [1.54, 1.807) is 0 Å². The number of anilines is 1. The number of carbonyl (C=O) groups excluding carboxylic acids is 1. The van der Waals surface area contributed by atoms with Gasteiger partial charge in [0.15, 0.2) is 5.82 Å². The molecule has 0 bridgehead atoms. The zero-order chi connectivity index (χ0) is 23.7. The van der Waals surface area contributed by atoms with Gasteiger partial charge in [-0.2, -0.15) is 4.98 Å². The van der Waals surface area contributed by atoms with E-state index in [0.717, 1.165) is 44.3 Å². The molecule has 0 saturated heterocycles. The molecule has 1 N–H and O–H groups in total. The number of nitrogens with one attached hydrogen (secondary N) is 1. The topological polar surface area (TPSA) is 64.1 Å². The van der Waals surface area contributed by atoms with Gasteiger partial charge in [0.25, 0.3) is 0 Å². The highest BCUT2D eigenvalue weighted by Crippen LogP contribution is 2.41. The van der Waals surface area contributed by atoms with E-state index in [4.69, 9.17) is 26.3 Å². The number of aromatic nitrogens is 2. The highest BCUT2D eigenvalue weighted by molar-refractivity contribution is 8.00. The van der Waals surface area contributed by atoms with E-state index in [9.17, 15) is 4.79 Å². The van der Waals surface area contributed by atoms with Gasteiger partial charge < -0.3 is 10.1 Å². The first-order valence-electron chi connectivity index (χ1n) is 10.9. The quantitative estimate of drug-likeness (QED) is 0.217. The largest absolute Gasteiger partial charge is 0.438 e. The Hall–Kier alpha value is -3.35. The lowest BCUT2D eigenvalue weighted by atomic mass is 10.0. The van der Waals surface area contributed by atoms with Crippen molar-refractivity contribution in [3.8, 4) is 23.0 Å². The molecule has 4 aromatic rings. The van der Waals surface area contributed by atoms with Crippen LogP contribution >= 0.6 is 23.4 Å². The summed E-state index contributed by atoms with van der Waals surface area (Å²) in [4.78, 5) is 22.2. The van der Waals surface area contributed by atoms with Crippen LogP contribution in [-0.4, -0.2) is 21.6 Å². The number of aryl methyl sites for hydroxylation is 2. The minimum atomic E-state index is -0.0935. The number of nitrogens with zero attached hydrogens (tertiary/aromatic N) is 2. The van der Waals surface area contributed by atoms with Crippen LogP contribution in [0.2, 0.25) is 5.02 Å². The molecule has 170 valence electrons. The highest BCUT2D eigenvalue weighted by Gasteiger charge is 2.25. The Morgan fingerprint density at radius 3 is 2.65 bits per heavy atom. The molecule has 1 amide bonds. The number of rotatable bonds is 5. The molecule has 3 aromatic carbocycles. The molecule has 1 aliphatic heterocycles. The maximum absolute atomic E-state index is 12.7. The van der Waals surface area contributed by atoms with E-state index in [2.05, 4.69) is 11.4 Å². The maximum Gasteiger partial charge on any atom is 0.234 e. The maximum atomic E-state index is 12.7. The Labute approximate surface area is 207 Å². The summed E-state index contributed by atoms with van der Waals surface area (Å²) in [6.45, 7) is 4.02. The minimum Gasteiger partial charge on any atom is -0.438 e. The van der Waals surface area contributed by atoms with E-state index in [-0.39, 0.29) is 11.7 Å². The van der Waals surface area contributed by atoms with Crippen molar-refractivity contribution in [1.82, 2.24) is 9.97 Å². The van der Waals surface area contributed by atoms with Crippen LogP contribution in [0.3, 0.4) is 0 Å². The molecule has 0 radical (unpaired) electrons. The van der Waals surface area contributed by atoms with Crippen LogP contribution in [0.5, 0.6) is 11.6 Å². The van der Waals surface area contributed by atoms with Crippen molar-refractivity contribution < 1.29 is 9.53 Å². The fraction of sp³-hybridized carbons (Fsp3) is 0.148. The van der Waals surface area contributed by atoms with E-state index < -0.39 is 0 Å². The second-order valence-electron chi connectivity index (χ2n) is 8.19. The number of carbonyl (C=O) groups is 1. The van der Waals surface area contributed by atoms with Crippen LogP contribution in [0.4, 0.5) is 5.69 Å². The van der Waals surface area contributed by atoms with Gasteiger partial charge in [0.2, 0.25) is 11.8 Å². The van der Waals surface area contributed by atoms with Gasteiger partial charge in [-0.25, -0.2) is 4.98 Å². The van der Waals surface area contributed by atoms with Crippen LogP contribution in [0.15, 0.2) is 71.8 Å². The molecule has 5 rings (SSSR count). The second kappa shape index (κ2) is 9.49. The first-order chi connectivity index (χ1) is 16.5. The zero-order valence-corrected chi connectivity index (χ0v) is 20.3. The van der Waals surface area contributed by atoms with E-state index in [0.29, 0.717) is 23.1 Å². The summed E-state index contributed by atoms with van der Waals surface area (Å²) in [6, 6.07) is 21.2. The third-order valence-electron chi connectivity index (χ3n) is 5.53. The fourth-order valence-electron chi connectivity index (χ4n) is 3.87. The van der Waals surface area contributed by atoms with Crippen LogP contribution in [0.1, 0.15) is 22.3 Å². The Morgan fingerprint density at radius 1 is 1.06 bits per heavy atom. The molecular weight excluding hydrogens is 466 g/mol. The minimum absolute atomic E-state index is 0.0935. The van der Waals surface area contributed by atoms with Crippen molar-refractivity contribution in [2.24, 2.45) is 0 Å². The lowest BCUT2D eigenvalue weighted by Gasteiger charge is -2.23. The first-order valence-corrected chi connectivity index (χ1v) is 12.2. The number of fused-ring (bicyclic) bond motifs is 2. The summed E-state index contributed by atoms with van der Waals surface area (Å²) >= 11 is 7.45. The zero-order valence-electron chi connectivity index (χ0n) is 18.8. The summed E-state index contributed by atoms with van der Waals surface area (Å²) < 4.78 is 6.26. The van der Waals surface area contributed by atoms with E-state index in [1.807, 2.05) is 74.5 Å². The van der Waals surface area contributed by atoms with Crippen molar-refractivity contribution in [2.45, 2.75) is 25.3 Å². The van der Waals surface area contributed by atoms with Gasteiger partial charge in [0.05, 0.1) is 11.3 Å². The number of ether oxygens (including phenoxy) is 1.